The molecule has 7 heteroatoms. The maximum absolute atomic E-state index is 12.2. The zero-order chi connectivity index (χ0) is 16.9. The van der Waals surface area contributed by atoms with Gasteiger partial charge in [-0.15, -0.1) is 5.10 Å². The summed E-state index contributed by atoms with van der Waals surface area (Å²) in [5, 5.41) is 19.8. The second-order valence-electron chi connectivity index (χ2n) is 6.03. The van der Waals surface area contributed by atoms with Crippen LogP contribution in [-0.2, 0) is 17.9 Å². The van der Waals surface area contributed by atoms with Gasteiger partial charge >= 0.3 is 5.97 Å². The van der Waals surface area contributed by atoms with E-state index in [1.807, 2.05) is 30.3 Å². The highest BCUT2D eigenvalue weighted by Gasteiger charge is 2.29. The van der Waals surface area contributed by atoms with Gasteiger partial charge < -0.3 is 10.4 Å². The van der Waals surface area contributed by atoms with E-state index in [-0.39, 0.29) is 24.1 Å². The average molecular weight is 328 g/mol. The Kier molecular flexibility index (Phi) is 4.88. The molecule has 1 fully saturated rings. The Labute approximate surface area is 139 Å². The summed E-state index contributed by atoms with van der Waals surface area (Å²) in [7, 11) is 0. The molecule has 0 radical (unpaired) electrons. The second-order valence-corrected chi connectivity index (χ2v) is 6.03. The first-order valence-corrected chi connectivity index (χ1v) is 8.12. The number of carbonyl (C=O) groups excluding carboxylic acids is 1. The number of carboxylic acids is 1. The number of carboxylic acid groups (broad SMARTS) is 1. The summed E-state index contributed by atoms with van der Waals surface area (Å²) in [6.07, 6.45) is 3.96. The molecule has 0 bridgehead atoms. The van der Waals surface area contributed by atoms with Gasteiger partial charge in [0.05, 0.1) is 5.69 Å². The fraction of sp³-hybridized carbons (Fsp3) is 0.412. The van der Waals surface area contributed by atoms with Crippen molar-refractivity contribution in [1.82, 2.24) is 20.3 Å². The van der Waals surface area contributed by atoms with Gasteiger partial charge in [-0.2, -0.15) is 0 Å². The zero-order valence-corrected chi connectivity index (χ0v) is 13.3. The van der Waals surface area contributed by atoms with E-state index in [2.05, 4.69) is 15.6 Å². The fourth-order valence-electron chi connectivity index (χ4n) is 3.18. The summed E-state index contributed by atoms with van der Waals surface area (Å²) in [6, 6.07) is 9.61. The van der Waals surface area contributed by atoms with E-state index in [1.54, 1.807) is 0 Å². The number of aromatic carboxylic acids is 1. The van der Waals surface area contributed by atoms with E-state index in [0.717, 1.165) is 31.2 Å². The number of hydrogen-bond donors (Lipinski definition) is 2. The summed E-state index contributed by atoms with van der Waals surface area (Å²) < 4.78 is 1.44. The minimum atomic E-state index is -1.09. The maximum Gasteiger partial charge on any atom is 0.358 e. The van der Waals surface area contributed by atoms with E-state index < -0.39 is 5.97 Å². The molecule has 1 heterocycles. The molecule has 3 rings (SSSR count). The van der Waals surface area contributed by atoms with Gasteiger partial charge in [0.25, 0.3) is 0 Å². The van der Waals surface area contributed by atoms with Gasteiger partial charge in [-0.25, -0.2) is 9.48 Å². The van der Waals surface area contributed by atoms with Crippen molar-refractivity contribution in [3.05, 3.63) is 47.3 Å². The number of carbonyl (C=O) groups is 2. The number of benzene rings is 1. The lowest BCUT2D eigenvalue weighted by molar-refractivity contribution is -0.122. The molecule has 1 aliphatic rings. The van der Waals surface area contributed by atoms with Crippen LogP contribution >= 0.6 is 0 Å². The van der Waals surface area contributed by atoms with Gasteiger partial charge in [-0.3, -0.25) is 4.79 Å². The molecule has 1 saturated carbocycles. The third-order valence-electron chi connectivity index (χ3n) is 4.34. The van der Waals surface area contributed by atoms with Crippen LogP contribution in [-0.4, -0.2) is 32.0 Å². The number of hydrogen-bond acceptors (Lipinski definition) is 4. The molecule has 7 nitrogen and oxygen atoms in total. The molecule has 1 aromatic carbocycles. The topological polar surface area (TPSA) is 97.1 Å². The fourth-order valence-corrected chi connectivity index (χ4v) is 3.18. The summed E-state index contributed by atoms with van der Waals surface area (Å²) in [6.45, 7) is 0.415. The van der Waals surface area contributed by atoms with Crippen LogP contribution in [0, 0.1) is 0 Å². The van der Waals surface area contributed by atoms with Crippen LogP contribution in [0.5, 0.6) is 0 Å². The molecule has 24 heavy (non-hydrogen) atoms. The van der Waals surface area contributed by atoms with Crippen LogP contribution in [0.4, 0.5) is 0 Å². The molecular weight excluding hydrogens is 308 g/mol. The molecule has 0 aliphatic heterocycles. The molecule has 2 aromatic rings. The van der Waals surface area contributed by atoms with Crippen LogP contribution in [0.3, 0.4) is 0 Å². The van der Waals surface area contributed by atoms with Crippen LogP contribution in [0.25, 0.3) is 0 Å². The Hall–Kier alpha value is -2.70. The molecule has 126 valence electrons. The van der Waals surface area contributed by atoms with Crippen molar-refractivity contribution in [2.45, 2.75) is 44.7 Å². The smallest absolute Gasteiger partial charge is 0.358 e. The summed E-state index contributed by atoms with van der Waals surface area (Å²) in [5.41, 5.74) is 1.55. The first-order valence-electron chi connectivity index (χ1n) is 8.12. The number of amides is 1. The van der Waals surface area contributed by atoms with Gasteiger partial charge in [0.15, 0.2) is 5.69 Å². The average Bonchev–Trinajstić information content (AvgIpc) is 3.23. The molecule has 1 aliphatic carbocycles. The summed E-state index contributed by atoms with van der Waals surface area (Å²) in [4.78, 5) is 23.6. The van der Waals surface area contributed by atoms with Crippen molar-refractivity contribution >= 4 is 11.9 Å². The minimum absolute atomic E-state index is 0.0149. The highest BCUT2D eigenvalue weighted by atomic mass is 16.4. The van der Waals surface area contributed by atoms with Crippen LogP contribution in [0.1, 0.15) is 53.3 Å². The Morgan fingerprint density at radius 1 is 1.21 bits per heavy atom. The second kappa shape index (κ2) is 7.25. The number of rotatable bonds is 6. The lowest BCUT2D eigenvalue weighted by Gasteiger charge is -2.12. The largest absolute Gasteiger partial charge is 0.476 e. The molecule has 0 atom stereocenters. The predicted octanol–water partition coefficient (Wildman–Crippen LogP) is 1.95. The minimum Gasteiger partial charge on any atom is -0.476 e. The molecule has 0 saturated heterocycles. The third-order valence-corrected chi connectivity index (χ3v) is 4.34. The van der Waals surface area contributed by atoms with Gasteiger partial charge in [0, 0.05) is 12.5 Å². The van der Waals surface area contributed by atoms with Crippen molar-refractivity contribution in [1.29, 1.82) is 0 Å². The number of nitrogens with one attached hydrogen (secondary N) is 1. The SMILES string of the molecule is O=C(Cn1nnc(C(=O)O)c1C1CCCC1)NCc1ccccc1. The highest BCUT2D eigenvalue weighted by molar-refractivity contribution is 5.87. The van der Waals surface area contributed by atoms with Crippen LogP contribution < -0.4 is 5.32 Å². The Bertz CT molecular complexity index is 721. The predicted molar refractivity (Wildman–Crippen MR) is 86.5 cm³/mol. The van der Waals surface area contributed by atoms with E-state index in [0.29, 0.717) is 12.2 Å². The van der Waals surface area contributed by atoms with Crippen molar-refractivity contribution < 1.29 is 14.7 Å². The van der Waals surface area contributed by atoms with Crippen molar-refractivity contribution in [3.8, 4) is 0 Å². The lowest BCUT2D eigenvalue weighted by Crippen LogP contribution is -2.28. The van der Waals surface area contributed by atoms with Gasteiger partial charge in [0.2, 0.25) is 5.91 Å². The number of aromatic nitrogens is 3. The van der Waals surface area contributed by atoms with Crippen molar-refractivity contribution in [2.75, 3.05) is 0 Å². The van der Waals surface area contributed by atoms with E-state index in [4.69, 9.17) is 0 Å². The third kappa shape index (κ3) is 3.61. The molecular formula is C17H20N4O3. The standard InChI is InChI=1S/C17H20N4O3/c22-14(18-10-12-6-2-1-3-7-12)11-21-16(13-8-4-5-9-13)15(17(23)24)19-20-21/h1-3,6-7,13H,4-5,8-11H2,(H,18,22)(H,23,24). The molecule has 1 amide bonds. The maximum atomic E-state index is 12.2. The molecule has 0 spiro atoms. The first-order chi connectivity index (χ1) is 11.6. The van der Waals surface area contributed by atoms with Crippen molar-refractivity contribution in [3.63, 3.8) is 0 Å². The van der Waals surface area contributed by atoms with Gasteiger partial charge in [-0.1, -0.05) is 48.4 Å². The quantitative estimate of drug-likeness (QED) is 0.845. The normalized spacial score (nSPS) is 14.7. The van der Waals surface area contributed by atoms with Crippen molar-refractivity contribution in [2.24, 2.45) is 0 Å². The van der Waals surface area contributed by atoms with E-state index in [9.17, 15) is 14.7 Å². The molecule has 1 aromatic heterocycles. The number of nitrogens with zero attached hydrogens (tertiary/aromatic N) is 3. The van der Waals surface area contributed by atoms with Crippen LogP contribution in [0.2, 0.25) is 0 Å². The first kappa shape index (κ1) is 16.2. The summed E-state index contributed by atoms with van der Waals surface area (Å²) >= 11 is 0. The lowest BCUT2D eigenvalue weighted by atomic mass is 10.0. The molecule has 2 N–H and O–H groups in total. The molecule has 0 unspecified atom stereocenters. The Balaban J connectivity index is 1.70. The highest BCUT2D eigenvalue weighted by Crippen LogP contribution is 2.35. The van der Waals surface area contributed by atoms with E-state index in [1.165, 1.54) is 4.68 Å². The Morgan fingerprint density at radius 3 is 2.58 bits per heavy atom. The zero-order valence-electron chi connectivity index (χ0n) is 13.3. The Morgan fingerprint density at radius 2 is 1.92 bits per heavy atom. The van der Waals surface area contributed by atoms with Gasteiger partial charge in [-0.05, 0) is 18.4 Å². The van der Waals surface area contributed by atoms with Crippen LogP contribution in [0.15, 0.2) is 30.3 Å². The van der Waals surface area contributed by atoms with E-state index >= 15 is 0 Å². The summed E-state index contributed by atoms with van der Waals surface area (Å²) in [5.74, 6) is -1.18. The monoisotopic (exact) mass is 328 g/mol. The van der Waals surface area contributed by atoms with Gasteiger partial charge in [0.1, 0.15) is 6.54 Å².